The molecule has 14 heteroatoms. The summed E-state index contributed by atoms with van der Waals surface area (Å²) in [7, 11) is -3.93. The Balaban J connectivity index is 1.40. The van der Waals surface area contributed by atoms with Crippen LogP contribution < -0.4 is 19.5 Å². The Labute approximate surface area is 242 Å². The van der Waals surface area contributed by atoms with Crippen LogP contribution in [0.3, 0.4) is 0 Å². The third-order valence-corrected chi connectivity index (χ3v) is 11.4. The second kappa shape index (κ2) is 12.3. The van der Waals surface area contributed by atoms with E-state index in [9.17, 15) is 17.4 Å². The lowest BCUT2D eigenvalue weighted by atomic mass is 10.2. The van der Waals surface area contributed by atoms with Crippen LogP contribution >= 0.6 is 22.4 Å². The quantitative estimate of drug-likeness (QED) is 0.170. The van der Waals surface area contributed by atoms with Gasteiger partial charge in [-0.25, -0.2) is 22.8 Å². The molecule has 2 unspecified atom stereocenters. The normalized spacial score (nSPS) is 17.1. The van der Waals surface area contributed by atoms with E-state index in [-0.39, 0.29) is 29.6 Å². The monoisotopic (exact) mass is 622 g/mol. The summed E-state index contributed by atoms with van der Waals surface area (Å²) in [5.41, 5.74) is 2.03. The fourth-order valence-electron chi connectivity index (χ4n) is 3.97. The van der Waals surface area contributed by atoms with Gasteiger partial charge >= 0.3 is 0 Å². The van der Waals surface area contributed by atoms with Crippen molar-refractivity contribution >= 4 is 70.7 Å². The number of hydrogen-bond acceptors (Lipinski definition) is 9. The molecule has 1 fully saturated rings. The molecule has 2 N–H and O–H groups in total. The van der Waals surface area contributed by atoms with Crippen molar-refractivity contribution in [3.8, 4) is 11.5 Å². The lowest BCUT2D eigenvalue weighted by molar-refractivity contribution is 0.306. The Hall–Kier alpha value is -2.97. The van der Waals surface area contributed by atoms with Crippen LogP contribution in [0.15, 0.2) is 60.9 Å². The molecule has 3 aromatic carbocycles. The molecule has 0 saturated carbocycles. The molecule has 2 atom stereocenters. The molecule has 9 nitrogen and oxygen atoms in total. The maximum absolute atomic E-state index is 13.4. The number of rotatable bonds is 10. The van der Waals surface area contributed by atoms with Crippen LogP contribution in [-0.4, -0.2) is 46.3 Å². The smallest absolute Gasteiger partial charge is 0.241 e. The Morgan fingerprint density at radius 1 is 1.15 bits per heavy atom. The summed E-state index contributed by atoms with van der Waals surface area (Å²) in [5.74, 6) is 1.12. The van der Waals surface area contributed by atoms with Crippen molar-refractivity contribution in [2.75, 3.05) is 28.2 Å². The van der Waals surface area contributed by atoms with Gasteiger partial charge in [0.1, 0.15) is 47.1 Å². The van der Waals surface area contributed by atoms with Gasteiger partial charge < -0.3 is 19.3 Å². The Bertz CT molecular complexity index is 1650. The number of benzene rings is 3. The van der Waals surface area contributed by atoms with E-state index >= 15 is 0 Å². The molecule has 0 amide bonds. The van der Waals surface area contributed by atoms with Gasteiger partial charge in [-0.15, -0.1) is 0 Å². The minimum atomic E-state index is -3.82. The van der Waals surface area contributed by atoms with Crippen molar-refractivity contribution in [1.82, 2.24) is 9.97 Å². The van der Waals surface area contributed by atoms with Crippen LogP contribution in [0.4, 0.5) is 21.6 Å². The number of hydrogen-bond donors (Lipinski definition) is 2. The fourth-order valence-corrected chi connectivity index (χ4v) is 10.2. The molecule has 1 aliphatic rings. The molecule has 0 spiro atoms. The van der Waals surface area contributed by atoms with Crippen molar-refractivity contribution in [3.63, 3.8) is 0 Å². The molecule has 1 aromatic heterocycles. The molecule has 40 heavy (non-hydrogen) atoms. The summed E-state index contributed by atoms with van der Waals surface area (Å²) in [5, 5.41) is 3.29. The van der Waals surface area contributed by atoms with Gasteiger partial charge in [-0.05, 0) is 48.9 Å². The first kappa shape index (κ1) is 28.6. The summed E-state index contributed by atoms with van der Waals surface area (Å²) >= 11 is 6.45. The first-order valence-corrected chi connectivity index (χ1v) is 16.8. The fraction of sp³-hybridized carbons (Fsp3) is 0.231. The number of sulfonamides is 1. The van der Waals surface area contributed by atoms with E-state index in [4.69, 9.17) is 21.1 Å². The number of nitrogens with zero attached hydrogens (tertiary/aromatic N) is 2. The molecule has 0 bridgehead atoms. The third kappa shape index (κ3) is 6.66. The highest BCUT2D eigenvalue weighted by molar-refractivity contribution is 8.72. The Morgan fingerprint density at radius 2 is 2.00 bits per heavy atom. The van der Waals surface area contributed by atoms with Crippen molar-refractivity contribution in [2.45, 2.75) is 18.8 Å². The molecular weight excluding hydrogens is 599 g/mol. The first-order chi connectivity index (χ1) is 19.2. The summed E-state index contributed by atoms with van der Waals surface area (Å²) in [6.07, 6.45) is 1.38. The maximum Gasteiger partial charge on any atom is 0.241 e. The Morgan fingerprint density at radius 3 is 2.73 bits per heavy atom. The van der Waals surface area contributed by atoms with E-state index in [1.807, 2.05) is 0 Å². The minimum Gasteiger partial charge on any atom is -0.605 e. The second-order valence-corrected chi connectivity index (χ2v) is 14.4. The van der Waals surface area contributed by atoms with E-state index in [1.54, 1.807) is 49.4 Å². The number of anilines is 3. The number of nitrogens with one attached hydrogen (secondary N) is 2. The lowest BCUT2D eigenvalue weighted by Gasteiger charge is -2.17. The van der Waals surface area contributed by atoms with Crippen LogP contribution in [0, 0.1) is 5.82 Å². The molecule has 2 heterocycles. The minimum absolute atomic E-state index is 0.0656. The van der Waals surface area contributed by atoms with Crippen molar-refractivity contribution < 1.29 is 26.8 Å². The third-order valence-electron chi connectivity index (χ3n) is 5.91. The molecule has 0 radical (unpaired) electrons. The van der Waals surface area contributed by atoms with Gasteiger partial charge in [0.15, 0.2) is 0 Å². The topological polar surface area (TPSA) is 126 Å². The van der Waals surface area contributed by atoms with E-state index in [2.05, 4.69) is 20.0 Å². The van der Waals surface area contributed by atoms with Crippen LogP contribution in [0.5, 0.6) is 11.5 Å². The van der Waals surface area contributed by atoms with Crippen LogP contribution in [-0.2, 0) is 26.8 Å². The van der Waals surface area contributed by atoms with Crippen LogP contribution in [0.25, 0.3) is 10.9 Å². The summed E-state index contributed by atoms with van der Waals surface area (Å²) in [4.78, 5) is 8.66. The van der Waals surface area contributed by atoms with Crippen LogP contribution in [0.1, 0.15) is 12.5 Å². The van der Waals surface area contributed by atoms with E-state index in [1.165, 1.54) is 18.5 Å². The Kier molecular flexibility index (Phi) is 8.76. The van der Waals surface area contributed by atoms with Crippen molar-refractivity contribution in [3.05, 3.63) is 77.3 Å². The highest BCUT2D eigenvalue weighted by Gasteiger charge is 2.38. The molecule has 1 aliphatic heterocycles. The maximum atomic E-state index is 13.4. The molecule has 1 saturated heterocycles. The molecule has 5 rings (SSSR count). The summed E-state index contributed by atoms with van der Waals surface area (Å²) in [6, 6.07) is 14.5. The molecule has 4 aromatic rings. The second-order valence-electron chi connectivity index (χ2n) is 8.73. The lowest BCUT2D eigenvalue weighted by Crippen LogP contribution is -2.31. The van der Waals surface area contributed by atoms with Gasteiger partial charge in [-0.2, -0.15) is 0 Å². The van der Waals surface area contributed by atoms with E-state index < -0.39 is 25.5 Å². The van der Waals surface area contributed by atoms with Crippen molar-refractivity contribution in [2.24, 2.45) is 0 Å². The SMILES string of the molecule is CCOc1cc2ncnc(Nc3ccc(OCc4cccc(F)c4)c(Cl)c3)c2cc1NS(=O)(=O)C1CS[S+]([O-])C1. The van der Waals surface area contributed by atoms with Gasteiger partial charge in [0.05, 0.1) is 39.4 Å². The highest BCUT2D eigenvalue weighted by atomic mass is 35.5. The average Bonchev–Trinajstić information content (AvgIpc) is 3.36. The van der Waals surface area contributed by atoms with Gasteiger partial charge in [0.25, 0.3) is 0 Å². The van der Waals surface area contributed by atoms with Crippen molar-refractivity contribution in [1.29, 1.82) is 0 Å². The predicted octanol–water partition coefficient (Wildman–Crippen LogP) is 5.66. The van der Waals surface area contributed by atoms with Gasteiger partial charge in [-0.1, -0.05) is 23.7 Å². The summed E-state index contributed by atoms with van der Waals surface area (Å²) < 4.78 is 65.4. The van der Waals surface area contributed by atoms with Gasteiger partial charge in [0.2, 0.25) is 10.0 Å². The summed E-state index contributed by atoms with van der Waals surface area (Å²) in [6.45, 7) is 2.25. The number of ether oxygens (including phenoxy) is 2. The number of halogens is 2. The van der Waals surface area contributed by atoms with Crippen LogP contribution in [0.2, 0.25) is 5.02 Å². The first-order valence-electron chi connectivity index (χ1n) is 12.1. The molecule has 0 aliphatic carbocycles. The average molecular weight is 623 g/mol. The molecule has 210 valence electrons. The standard InChI is InChI=1S/C26H24ClFN4O5S3/c1-2-36-25-11-22-20(10-23(25)32-40(34,35)19-13-38-39(33)14-19)26(30-15-29-22)31-18-6-7-24(21(27)9-18)37-12-16-4-3-5-17(28)8-16/h3-11,15,19,32H,2,12-14H2,1H3,(H,29,30,31). The zero-order chi connectivity index (χ0) is 28.3. The molecular formula is C26H24ClFN4O5S3. The van der Waals surface area contributed by atoms with Gasteiger partial charge in [0, 0.05) is 27.3 Å². The largest absolute Gasteiger partial charge is 0.605 e. The highest BCUT2D eigenvalue weighted by Crippen LogP contribution is 2.37. The number of aromatic nitrogens is 2. The zero-order valence-corrected chi connectivity index (χ0v) is 24.3. The number of fused-ring (bicyclic) bond motifs is 1. The van der Waals surface area contributed by atoms with Gasteiger partial charge in [-0.3, -0.25) is 4.72 Å². The van der Waals surface area contributed by atoms with E-state index in [0.717, 1.165) is 10.8 Å². The predicted molar refractivity (Wildman–Crippen MR) is 158 cm³/mol. The zero-order valence-electron chi connectivity index (χ0n) is 21.1. The van der Waals surface area contributed by atoms with E-state index in [0.29, 0.717) is 51.1 Å².